The molecule has 5 heteroatoms. The first-order valence-electron chi connectivity index (χ1n) is 8.63. The number of amides is 1. The van der Waals surface area contributed by atoms with E-state index in [-0.39, 0.29) is 12.0 Å². The van der Waals surface area contributed by atoms with Gasteiger partial charge in [0.2, 0.25) is 0 Å². The SMILES string of the molecule is CC1CCN(C(=O)C2CNCCO2)CCN1Cc1ccccc1. The van der Waals surface area contributed by atoms with Crippen LogP contribution < -0.4 is 5.32 Å². The lowest BCUT2D eigenvalue weighted by Crippen LogP contribution is -2.50. The van der Waals surface area contributed by atoms with Crippen molar-refractivity contribution in [2.75, 3.05) is 39.3 Å². The highest BCUT2D eigenvalue weighted by atomic mass is 16.5. The quantitative estimate of drug-likeness (QED) is 0.907. The van der Waals surface area contributed by atoms with E-state index in [4.69, 9.17) is 4.74 Å². The highest BCUT2D eigenvalue weighted by molar-refractivity contribution is 5.81. The number of morpholine rings is 1. The van der Waals surface area contributed by atoms with Gasteiger partial charge in [-0.05, 0) is 18.9 Å². The van der Waals surface area contributed by atoms with Crippen LogP contribution >= 0.6 is 0 Å². The average Bonchev–Trinajstić information content (AvgIpc) is 2.78. The second-order valence-electron chi connectivity index (χ2n) is 6.48. The molecule has 0 spiro atoms. The number of nitrogens with zero attached hydrogens (tertiary/aromatic N) is 2. The van der Waals surface area contributed by atoms with E-state index in [1.807, 2.05) is 11.0 Å². The molecule has 1 aromatic rings. The van der Waals surface area contributed by atoms with E-state index in [9.17, 15) is 4.79 Å². The van der Waals surface area contributed by atoms with E-state index < -0.39 is 0 Å². The van der Waals surface area contributed by atoms with Gasteiger partial charge in [-0.15, -0.1) is 0 Å². The maximum absolute atomic E-state index is 12.6. The van der Waals surface area contributed by atoms with Crippen LogP contribution in [0.3, 0.4) is 0 Å². The normalized spacial score (nSPS) is 26.7. The summed E-state index contributed by atoms with van der Waals surface area (Å²) in [7, 11) is 0. The van der Waals surface area contributed by atoms with Crippen molar-refractivity contribution in [1.29, 1.82) is 0 Å². The van der Waals surface area contributed by atoms with Gasteiger partial charge in [-0.1, -0.05) is 30.3 Å². The Morgan fingerprint density at radius 3 is 2.83 bits per heavy atom. The summed E-state index contributed by atoms with van der Waals surface area (Å²) in [6, 6.07) is 11.0. The first-order chi connectivity index (χ1) is 11.2. The second kappa shape index (κ2) is 7.90. The summed E-state index contributed by atoms with van der Waals surface area (Å²) in [6.07, 6.45) is 0.707. The first kappa shape index (κ1) is 16.4. The van der Waals surface area contributed by atoms with Crippen molar-refractivity contribution >= 4 is 5.91 Å². The molecule has 2 aliphatic rings. The smallest absolute Gasteiger partial charge is 0.253 e. The molecule has 2 unspecified atom stereocenters. The molecule has 1 amide bonds. The molecule has 23 heavy (non-hydrogen) atoms. The minimum absolute atomic E-state index is 0.144. The summed E-state index contributed by atoms with van der Waals surface area (Å²) >= 11 is 0. The third-order valence-corrected chi connectivity index (χ3v) is 4.84. The molecular formula is C18H27N3O2. The first-order valence-corrected chi connectivity index (χ1v) is 8.63. The van der Waals surface area contributed by atoms with Crippen LogP contribution in [0.25, 0.3) is 0 Å². The van der Waals surface area contributed by atoms with Crippen LogP contribution in [0.15, 0.2) is 30.3 Å². The van der Waals surface area contributed by atoms with E-state index in [0.717, 1.165) is 39.1 Å². The van der Waals surface area contributed by atoms with Crippen molar-refractivity contribution in [2.24, 2.45) is 0 Å². The molecule has 0 bridgehead atoms. The predicted molar refractivity (Wildman–Crippen MR) is 90.1 cm³/mol. The van der Waals surface area contributed by atoms with Crippen LogP contribution in [0.1, 0.15) is 18.9 Å². The minimum atomic E-state index is -0.306. The molecule has 0 aromatic heterocycles. The topological polar surface area (TPSA) is 44.8 Å². The van der Waals surface area contributed by atoms with Gasteiger partial charge >= 0.3 is 0 Å². The molecule has 0 aliphatic carbocycles. The highest BCUT2D eigenvalue weighted by Crippen LogP contribution is 2.16. The standard InChI is InChI=1S/C18H27N3O2/c1-15-7-9-20(18(22)17-13-19-8-12-23-17)10-11-21(15)14-16-5-3-2-4-6-16/h2-6,15,17,19H,7-14H2,1H3. The van der Waals surface area contributed by atoms with Crippen molar-refractivity contribution < 1.29 is 9.53 Å². The Balaban J connectivity index is 1.58. The number of carbonyl (C=O) groups excluding carboxylic acids is 1. The monoisotopic (exact) mass is 317 g/mol. The van der Waals surface area contributed by atoms with Crippen LogP contribution in [-0.4, -0.2) is 67.2 Å². The van der Waals surface area contributed by atoms with E-state index in [2.05, 4.69) is 41.4 Å². The van der Waals surface area contributed by atoms with Crippen molar-refractivity contribution in [3.05, 3.63) is 35.9 Å². The van der Waals surface area contributed by atoms with Crippen LogP contribution in [-0.2, 0) is 16.1 Å². The Kier molecular flexibility index (Phi) is 5.65. The third kappa shape index (κ3) is 4.31. The molecule has 5 nitrogen and oxygen atoms in total. The minimum Gasteiger partial charge on any atom is -0.366 e. The summed E-state index contributed by atoms with van der Waals surface area (Å²) in [5, 5.41) is 3.24. The Morgan fingerprint density at radius 2 is 2.09 bits per heavy atom. The highest BCUT2D eigenvalue weighted by Gasteiger charge is 2.29. The van der Waals surface area contributed by atoms with E-state index in [1.165, 1.54) is 5.56 Å². The zero-order valence-corrected chi connectivity index (χ0v) is 13.9. The Bertz CT molecular complexity index is 502. The molecular weight excluding hydrogens is 290 g/mol. The van der Waals surface area contributed by atoms with Crippen molar-refractivity contribution in [3.8, 4) is 0 Å². The molecule has 2 heterocycles. The second-order valence-corrected chi connectivity index (χ2v) is 6.48. The van der Waals surface area contributed by atoms with Gasteiger partial charge < -0.3 is 15.0 Å². The lowest BCUT2D eigenvalue weighted by molar-refractivity contribution is -0.145. The molecule has 1 N–H and O–H groups in total. The molecule has 126 valence electrons. The molecule has 2 aliphatic heterocycles. The lowest BCUT2D eigenvalue weighted by atomic mass is 10.1. The Labute approximate surface area is 138 Å². The lowest BCUT2D eigenvalue weighted by Gasteiger charge is -2.29. The van der Waals surface area contributed by atoms with Gasteiger partial charge in [0.1, 0.15) is 6.10 Å². The van der Waals surface area contributed by atoms with Gasteiger partial charge in [-0.2, -0.15) is 0 Å². The maximum atomic E-state index is 12.6. The number of rotatable bonds is 3. The van der Waals surface area contributed by atoms with E-state index >= 15 is 0 Å². The fourth-order valence-electron chi connectivity index (χ4n) is 3.31. The summed E-state index contributed by atoms with van der Waals surface area (Å²) < 4.78 is 5.62. The van der Waals surface area contributed by atoms with Crippen LogP contribution in [0.4, 0.5) is 0 Å². The molecule has 3 rings (SSSR count). The third-order valence-electron chi connectivity index (χ3n) is 4.84. The van der Waals surface area contributed by atoms with Crippen molar-refractivity contribution in [1.82, 2.24) is 15.1 Å². The molecule has 2 saturated heterocycles. The van der Waals surface area contributed by atoms with Gasteiger partial charge in [0.15, 0.2) is 0 Å². The maximum Gasteiger partial charge on any atom is 0.253 e. The summed E-state index contributed by atoms with van der Waals surface area (Å²) in [6.45, 7) is 7.84. The van der Waals surface area contributed by atoms with Gasteiger partial charge in [-0.25, -0.2) is 0 Å². The Hall–Kier alpha value is -1.43. The summed E-state index contributed by atoms with van der Waals surface area (Å²) in [5.41, 5.74) is 1.33. The number of nitrogens with one attached hydrogen (secondary N) is 1. The number of hydrogen-bond acceptors (Lipinski definition) is 4. The van der Waals surface area contributed by atoms with Gasteiger partial charge in [0.05, 0.1) is 6.61 Å². The summed E-state index contributed by atoms with van der Waals surface area (Å²) in [4.78, 5) is 17.1. The number of ether oxygens (including phenoxy) is 1. The predicted octanol–water partition coefficient (Wildman–Crippen LogP) is 1.10. The van der Waals surface area contributed by atoms with Gasteiger partial charge in [-0.3, -0.25) is 9.69 Å². The molecule has 2 atom stereocenters. The van der Waals surface area contributed by atoms with Crippen LogP contribution in [0, 0.1) is 0 Å². The number of benzene rings is 1. The van der Waals surface area contributed by atoms with Crippen molar-refractivity contribution in [2.45, 2.75) is 32.0 Å². The van der Waals surface area contributed by atoms with Gasteiger partial charge in [0, 0.05) is 45.3 Å². The molecule has 0 saturated carbocycles. The van der Waals surface area contributed by atoms with E-state index in [1.54, 1.807) is 0 Å². The molecule has 0 radical (unpaired) electrons. The van der Waals surface area contributed by atoms with Crippen LogP contribution in [0.2, 0.25) is 0 Å². The largest absolute Gasteiger partial charge is 0.366 e. The zero-order valence-electron chi connectivity index (χ0n) is 13.9. The fraction of sp³-hybridized carbons (Fsp3) is 0.611. The van der Waals surface area contributed by atoms with Gasteiger partial charge in [0.25, 0.3) is 5.91 Å². The molecule has 2 fully saturated rings. The van der Waals surface area contributed by atoms with Crippen molar-refractivity contribution in [3.63, 3.8) is 0 Å². The Morgan fingerprint density at radius 1 is 1.26 bits per heavy atom. The molecule has 1 aromatic carbocycles. The van der Waals surface area contributed by atoms with E-state index in [0.29, 0.717) is 19.2 Å². The fourth-order valence-corrected chi connectivity index (χ4v) is 3.31. The zero-order chi connectivity index (χ0) is 16.1. The average molecular weight is 317 g/mol. The number of carbonyl (C=O) groups is 1. The summed E-state index contributed by atoms with van der Waals surface area (Å²) in [5.74, 6) is 0.144. The van der Waals surface area contributed by atoms with Crippen LogP contribution in [0.5, 0.6) is 0 Å². The number of hydrogen-bond donors (Lipinski definition) is 1.